The average Bonchev–Trinajstić information content (AvgIpc) is 2.64. The standard InChI is InChI=1S/C20H19F2N3O2S/c1-11(2)25-19(27)13-7-4-5-10-16(13)23-20(25)28-12(3)18(26)24-17-14(21)8-6-9-15(17)22/h4-12H,1-3H3,(H,24,26)/t12-/m1/s1. The Hall–Kier alpha value is -2.74. The molecule has 0 aliphatic carbocycles. The van der Waals surface area contributed by atoms with E-state index in [1.54, 1.807) is 31.2 Å². The van der Waals surface area contributed by atoms with Gasteiger partial charge in [0.2, 0.25) is 5.91 Å². The quantitative estimate of drug-likeness (QED) is 0.507. The molecule has 2 aromatic carbocycles. The van der Waals surface area contributed by atoms with E-state index in [0.29, 0.717) is 16.1 Å². The van der Waals surface area contributed by atoms with Gasteiger partial charge in [-0.3, -0.25) is 14.2 Å². The number of nitrogens with one attached hydrogen (secondary N) is 1. The molecule has 3 rings (SSSR count). The number of benzene rings is 2. The number of aromatic nitrogens is 2. The Labute approximate surface area is 164 Å². The molecule has 0 spiro atoms. The van der Waals surface area contributed by atoms with E-state index in [9.17, 15) is 18.4 Å². The van der Waals surface area contributed by atoms with Gasteiger partial charge in [-0.1, -0.05) is 30.0 Å². The highest BCUT2D eigenvalue weighted by atomic mass is 32.2. The summed E-state index contributed by atoms with van der Waals surface area (Å²) in [4.78, 5) is 29.8. The first-order valence-electron chi connectivity index (χ1n) is 8.72. The molecule has 0 fully saturated rings. The topological polar surface area (TPSA) is 64.0 Å². The molecule has 1 amide bonds. The fraction of sp³-hybridized carbons (Fsp3) is 0.250. The lowest BCUT2D eigenvalue weighted by Gasteiger charge is -2.18. The van der Waals surface area contributed by atoms with Gasteiger partial charge in [0.05, 0.1) is 16.2 Å². The van der Waals surface area contributed by atoms with Crippen LogP contribution in [0.15, 0.2) is 52.4 Å². The summed E-state index contributed by atoms with van der Waals surface area (Å²) in [6.07, 6.45) is 0. The molecule has 3 aromatic rings. The van der Waals surface area contributed by atoms with Crippen molar-refractivity contribution >= 4 is 34.3 Å². The van der Waals surface area contributed by atoms with Crippen molar-refractivity contribution in [2.45, 2.75) is 37.2 Å². The van der Waals surface area contributed by atoms with Crippen molar-refractivity contribution in [3.63, 3.8) is 0 Å². The zero-order chi connectivity index (χ0) is 20.4. The van der Waals surface area contributed by atoms with E-state index in [4.69, 9.17) is 0 Å². The molecular weight excluding hydrogens is 384 g/mol. The molecule has 0 saturated carbocycles. The van der Waals surface area contributed by atoms with Gasteiger partial charge in [-0.05, 0) is 45.0 Å². The highest BCUT2D eigenvalue weighted by Gasteiger charge is 2.22. The number of carbonyl (C=O) groups excluding carboxylic acids is 1. The molecule has 0 unspecified atom stereocenters. The van der Waals surface area contributed by atoms with E-state index in [0.717, 1.165) is 23.9 Å². The van der Waals surface area contributed by atoms with Gasteiger partial charge in [0.15, 0.2) is 5.16 Å². The molecule has 146 valence electrons. The van der Waals surface area contributed by atoms with E-state index in [1.807, 2.05) is 13.8 Å². The van der Waals surface area contributed by atoms with Crippen molar-refractivity contribution in [1.29, 1.82) is 0 Å². The van der Waals surface area contributed by atoms with E-state index in [1.165, 1.54) is 10.6 Å². The van der Waals surface area contributed by atoms with Crippen molar-refractivity contribution in [3.05, 3.63) is 64.5 Å². The molecule has 5 nitrogen and oxygen atoms in total. The Morgan fingerprint density at radius 3 is 2.36 bits per heavy atom. The van der Waals surface area contributed by atoms with Crippen LogP contribution in [0.3, 0.4) is 0 Å². The Bertz CT molecular complexity index is 1080. The normalized spacial score (nSPS) is 12.4. The predicted octanol–water partition coefficient (Wildman–Crippen LogP) is 4.37. The van der Waals surface area contributed by atoms with Crippen LogP contribution < -0.4 is 10.9 Å². The number of amides is 1. The van der Waals surface area contributed by atoms with E-state index in [-0.39, 0.29) is 11.6 Å². The van der Waals surface area contributed by atoms with Gasteiger partial charge in [0.1, 0.15) is 17.3 Å². The molecule has 0 bridgehead atoms. The van der Waals surface area contributed by atoms with Crippen LogP contribution in [0.25, 0.3) is 10.9 Å². The lowest BCUT2D eigenvalue weighted by molar-refractivity contribution is -0.115. The lowest BCUT2D eigenvalue weighted by Crippen LogP contribution is -2.28. The molecule has 0 saturated heterocycles. The first kappa shape index (κ1) is 20.0. The second-order valence-corrected chi connectivity index (χ2v) is 7.83. The minimum absolute atomic E-state index is 0.175. The first-order chi connectivity index (χ1) is 13.3. The Morgan fingerprint density at radius 1 is 1.07 bits per heavy atom. The van der Waals surface area contributed by atoms with Crippen LogP contribution in [0, 0.1) is 11.6 Å². The molecule has 1 aromatic heterocycles. The van der Waals surface area contributed by atoms with Crippen molar-refractivity contribution in [1.82, 2.24) is 9.55 Å². The maximum absolute atomic E-state index is 13.8. The summed E-state index contributed by atoms with van der Waals surface area (Å²) in [6.45, 7) is 5.29. The van der Waals surface area contributed by atoms with Gasteiger partial charge in [-0.2, -0.15) is 0 Å². The third kappa shape index (κ3) is 3.91. The number of thioether (sulfide) groups is 1. The average molecular weight is 403 g/mol. The number of rotatable bonds is 5. The molecule has 8 heteroatoms. The molecule has 1 heterocycles. The van der Waals surface area contributed by atoms with Gasteiger partial charge < -0.3 is 5.32 Å². The number of carbonyl (C=O) groups is 1. The molecular formula is C20H19F2N3O2S. The highest BCUT2D eigenvalue weighted by Crippen LogP contribution is 2.26. The molecule has 0 radical (unpaired) electrons. The lowest BCUT2D eigenvalue weighted by atomic mass is 10.2. The number of nitrogens with zero attached hydrogens (tertiary/aromatic N) is 2. The van der Waals surface area contributed by atoms with E-state index < -0.39 is 28.5 Å². The monoisotopic (exact) mass is 403 g/mol. The number of hydrogen-bond acceptors (Lipinski definition) is 4. The van der Waals surface area contributed by atoms with E-state index >= 15 is 0 Å². The molecule has 1 N–H and O–H groups in total. The van der Waals surface area contributed by atoms with Crippen LogP contribution in [-0.4, -0.2) is 20.7 Å². The van der Waals surface area contributed by atoms with Crippen LogP contribution in [0.1, 0.15) is 26.8 Å². The molecule has 1 atom stereocenters. The fourth-order valence-corrected chi connectivity index (χ4v) is 3.76. The zero-order valence-electron chi connectivity index (χ0n) is 15.6. The Morgan fingerprint density at radius 2 is 1.71 bits per heavy atom. The summed E-state index contributed by atoms with van der Waals surface area (Å²) < 4.78 is 29.1. The maximum Gasteiger partial charge on any atom is 0.262 e. The summed E-state index contributed by atoms with van der Waals surface area (Å²) in [5.74, 6) is -2.30. The Kier molecular flexibility index (Phi) is 5.79. The van der Waals surface area contributed by atoms with Gasteiger partial charge in [0.25, 0.3) is 5.56 Å². The van der Waals surface area contributed by atoms with Crippen LogP contribution in [0.2, 0.25) is 0 Å². The summed E-state index contributed by atoms with van der Waals surface area (Å²) in [5, 5.41) is 2.40. The maximum atomic E-state index is 13.8. The summed E-state index contributed by atoms with van der Waals surface area (Å²) >= 11 is 1.06. The number of anilines is 1. The van der Waals surface area contributed by atoms with Crippen LogP contribution >= 0.6 is 11.8 Å². The number of hydrogen-bond donors (Lipinski definition) is 1. The summed E-state index contributed by atoms with van der Waals surface area (Å²) in [7, 11) is 0. The van der Waals surface area contributed by atoms with Crippen molar-refractivity contribution in [3.8, 4) is 0 Å². The fourth-order valence-electron chi connectivity index (χ4n) is 2.72. The highest BCUT2D eigenvalue weighted by molar-refractivity contribution is 8.00. The van der Waals surface area contributed by atoms with Crippen LogP contribution in [-0.2, 0) is 4.79 Å². The second-order valence-electron chi connectivity index (χ2n) is 6.53. The zero-order valence-corrected chi connectivity index (χ0v) is 16.4. The second kappa shape index (κ2) is 8.10. The van der Waals surface area contributed by atoms with Gasteiger partial charge in [-0.25, -0.2) is 13.8 Å². The van der Waals surface area contributed by atoms with Gasteiger partial charge in [0, 0.05) is 6.04 Å². The molecule has 0 aliphatic rings. The largest absolute Gasteiger partial charge is 0.320 e. The number of fused-ring (bicyclic) bond motifs is 1. The van der Waals surface area contributed by atoms with Crippen molar-refractivity contribution in [2.75, 3.05) is 5.32 Å². The van der Waals surface area contributed by atoms with Crippen LogP contribution in [0.5, 0.6) is 0 Å². The summed E-state index contributed by atoms with van der Waals surface area (Å²) in [6, 6.07) is 10.2. The van der Waals surface area contributed by atoms with Crippen molar-refractivity contribution in [2.24, 2.45) is 0 Å². The third-order valence-electron chi connectivity index (χ3n) is 4.15. The Balaban J connectivity index is 1.92. The predicted molar refractivity (Wildman–Crippen MR) is 107 cm³/mol. The first-order valence-corrected chi connectivity index (χ1v) is 9.60. The van der Waals surface area contributed by atoms with E-state index in [2.05, 4.69) is 10.3 Å². The number of para-hydroxylation sites is 2. The van der Waals surface area contributed by atoms with Gasteiger partial charge in [-0.15, -0.1) is 0 Å². The number of halogens is 2. The summed E-state index contributed by atoms with van der Waals surface area (Å²) in [5.41, 5.74) is -0.164. The minimum atomic E-state index is -0.853. The SMILES string of the molecule is CC(C)n1c(S[C@H](C)C(=O)Nc2c(F)cccc2F)nc2ccccc2c1=O. The van der Waals surface area contributed by atoms with Crippen molar-refractivity contribution < 1.29 is 13.6 Å². The smallest absolute Gasteiger partial charge is 0.262 e. The molecule has 28 heavy (non-hydrogen) atoms. The van der Waals surface area contributed by atoms with Crippen LogP contribution in [0.4, 0.5) is 14.5 Å². The third-order valence-corrected chi connectivity index (χ3v) is 5.22. The molecule has 0 aliphatic heterocycles. The van der Waals surface area contributed by atoms with Gasteiger partial charge >= 0.3 is 0 Å². The minimum Gasteiger partial charge on any atom is -0.320 e.